The number of hydrogen-bond acceptors (Lipinski definition) is 3. The molecule has 0 aliphatic rings. The van der Waals surface area contributed by atoms with Gasteiger partial charge in [0.1, 0.15) is 6.61 Å². The van der Waals surface area contributed by atoms with Gasteiger partial charge in [0, 0.05) is 6.54 Å². The van der Waals surface area contributed by atoms with Crippen molar-refractivity contribution in [1.82, 2.24) is 5.32 Å². The van der Waals surface area contributed by atoms with E-state index in [4.69, 9.17) is 9.47 Å². The lowest BCUT2D eigenvalue weighted by Gasteiger charge is -2.12. The first kappa shape index (κ1) is 14.8. The lowest BCUT2D eigenvalue weighted by atomic mass is 10.3. The van der Waals surface area contributed by atoms with Crippen LogP contribution in [0.3, 0.4) is 0 Å². The van der Waals surface area contributed by atoms with Crippen molar-refractivity contribution in [1.29, 1.82) is 0 Å². The van der Waals surface area contributed by atoms with E-state index in [0.29, 0.717) is 6.61 Å². The van der Waals surface area contributed by atoms with Gasteiger partial charge in [-0.2, -0.15) is 0 Å². The molecular formula is C15H25NO2. The van der Waals surface area contributed by atoms with Gasteiger partial charge in [-0.05, 0) is 31.5 Å². The molecule has 0 radical (unpaired) electrons. The average molecular weight is 251 g/mol. The summed E-state index contributed by atoms with van der Waals surface area (Å²) in [7, 11) is 0. The Balaban J connectivity index is 2.27. The molecule has 0 saturated carbocycles. The number of nitrogens with one attached hydrogen (secondary N) is 1. The van der Waals surface area contributed by atoms with Crippen LogP contribution in [0, 0.1) is 0 Å². The van der Waals surface area contributed by atoms with Crippen molar-refractivity contribution in [2.75, 3.05) is 26.3 Å². The van der Waals surface area contributed by atoms with Gasteiger partial charge in [0.2, 0.25) is 0 Å². The molecule has 0 amide bonds. The zero-order valence-corrected chi connectivity index (χ0v) is 11.6. The highest BCUT2D eigenvalue weighted by Gasteiger charge is 2.02. The van der Waals surface area contributed by atoms with Crippen LogP contribution in [0.15, 0.2) is 24.3 Å². The summed E-state index contributed by atoms with van der Waals surface area (Å²) in [4.78, 5) is 0. The lowest BCUT2D eigenvalue weighted by molar-refractivity contribution is 0.267. The third kappa shape index (κ3) is 5.92. The van der Waals surface area contributed by atoms with Gasteiger partial charge in [0.05, 0.1) is 6.61 Å². The van der Waals surface area contributed by atoms with E-state index in [1.807, 2.05) is 24.3 Å². The molecular weight excluding hydrogens is 226 g/mol. The van der Waals surface area contributed by atoms with Crippen molar-refractivity contribution in [3.05, 3.63) is 24.3 Å². The molecule has 0 atom stereocenters. The molecule has 0 aliphatic heterocycles. The van der Waals surface area contributed by atoms with Crippen LogP contribution in [0.4, 0.5) is 0 Å². The molecule has 0 saturated heterocycles. The van der Waals surface area contributed by atoms with Crippen molar-refractivity contribution in [2.45, 2.75) is 33.1 Å². The Morgan fingerprint density at radius 2 is 1.56 bits per heavy atom. The van der Waals surface area contributed by atoms with Gasteiger partial charge in [-0.25, -0.2) is 0 Å². The number of rotatable bonds is 10. The van der Waals surface area contributed by atoms with Crippen LogP contribution in [0.1, 0.15) is 33.1 Å². The van der Waals surface area contributed by atoms with Gasteiger partial charge < -0.3 is 14.8 Å². The van der Waals surface area contributed by atoms with Gasteiger partial charge in [0.15, 0.2) is 11.5 Å². The van der Waals surface area contributed by atoms with E-state index in [2.05, 4.69) is 19.2 Å². The fourth-order valence-electron chi connectivity index (χ4n) is 1.56. The molecule has 3 nitrogen and oxygen atoms in total. The van der Waals surface area contributed by atoms with Crippen LogP contribution in [-0.2, 0) is 0 Å². The quantitative estimate of drug-likeness (QED) is 0.648. The Morgan fingerprint density at radius 1 is 0.889 bits per heavy atom. The minimum absolute atomic E-state index is 0.677. The molecule has 0 bridgehead atoms. The summed E-state index contributed by atoms with van der Waals surface area (Å²) in [6.07, 6.45) is 3.45. The first-order valence-electron chi connectivity index (χ1n) is 6.93. The topological polar surface area (TPSA) is 30.5 Å². The smallest absolute Gasteiger partial charge is 0.161 e. The molecule has 1 aromatic rings. The summed E-state index contributed by atoms with van der Waals surface area (Å²) in [6.45, 7) is 7.64. The number of para-hydroxylation sites is 2. The number of hydrogen-bond donors (Lipinski definition) is 1. The fourth-order valence-corrected chi connectivity index (χ4v) is 1.56. The zero-order chi connectivity index (χ0) is 13.1. The molecule has 0 unspecified atom stereocenters. The highest BCUT2D eigenvalue weighted by molar-refractivity contribution is 5.39. The van der Waals surface area contributed by atoms with Crippen molar-refractivity contribution in [3.8, 4) is 11.5 Å². The van der Waals surface area contributed by atoms with Crippen LogP contribution in [0.2, 0.25) is 0 Å². The Labute approximate surface area is 110 Å². The fraction of sp³-hybridized carbons (Fsp3) is 0.600. The minimum atomic E-state index is 0.677. The predicted octanol–water partition coefficient (Wildman–Crippen LogP) is 3.24. The van der Waals surface area contributed by atoms with E-state index in [1.54, 1.807) is 0 Å². The van der Waals surface area contributed by atoms with Crippen LogP contribution < -0.4 is 14.8 Å². The summed E-state index contributed by atoms with van der Waals surface area (Å²) in [5, 5.41) is 3.35. The van der Waals surface area contributed by atoms with E-state index >= 15 is 0 Å². The molecule has 0 aliphatic carbocycles. The van der Waals surface area contributed by atoms with Gasteiger partial charge in [0.25, 0.3) is 0 Å². The Hall–Kier alpha value is -1.22. The molecule has 0 heterocycles. The second-order valence-electron chi connectivity index (χ2n) is 4.25. The largest absolute Gasteiger partial charge is 0.490 e. The molecule has 3 heteroatoms. The third-order valence-electron chi connectivity index (χ3n) is 2.55. The summed E-state index contributed by atoms with van der Waals surface area (Å²) in [6, 6.07) is 7.85. The minimum Gasteiger partial charge on any atom is -0.490 e. The first-order valence-corrected chi connectivity index (χ1v) is 6.93. The molecule has 1 rings (SSSR count). The van der Waals surface area contributed by atoms with Crippen molar-refractivity contribution < 1.29 is 9.47 Å². The highest BCUT2D eigenvalue weighted by atomic mass is 16.5. The van der Waals surface area contributed by atoms with Crippen LogP contribution in [0.5, 0.6) is 11.5 Å². The monoisotopic (exact) mass is 251 g/mol. The Bertz CT molecular complexity index is 315. The van der Waals surface area contributed by atoms with Gasteiger partial charge in [-0.1, -0.05) is 32.4 Å². The standard InChI is InChI=1S/C15H25NO2/c1-3-5-10-16-11-13-18-15-9-7-6-8-14(15)17-12-4-2/h6-9,16H,3-5,10-13H2,1-2H3. The predicted molar refractivity (Wildman–Crippen MR) is 75.5 cm³/mol. The molecule has 0 spiro atoms. The van der Waals surface area contributed by atoms with Crippen molar-refractivity contribution >= 4 is 0 Å². The number of unbranched alkanes of at least 4 members (excludes halogenated alkanes) is 1. The summed E-state index contributed by atoms with van der Waals surface area (Å²) >= 11 is 0. The molecule has 0 aromatic heterocycles. The molecule has 18 heavy (non-hydrogen) atoms. The maximum absolute atomic E-state index is 5.73. The molecule has 1 aromatic carbocycles. The average Bonchev–Trinajstić information content (AvgIpc) is 2.41. The number of ether oxygens (including phenoxy) is 2. The van der Waals surface area contributed by atoms with E-state index in [1.165, 1.54) is 12.8 Å². The second kappa shape index (κ2) is 9.77. The Kier molecular flexibility index (Phi) is 8.06. The van der Waals surface area contributed by atoms with Crippen LogP contribution in [0.25, 0.3) is 0 Å². The summed E-state index contributed by atoms with van der Waals surface area (Å²) < 4.78 is 11.4. The molecule has 1 N–H and O–H groups in total. The summed E-state index contributed by atoms with van der Waals surface area (Å²) in [5.41, 5.74) is 0. The number of benzene rings is 1. The van der Waals surface area contributed by atoms with Crippen LogP contribution in [-0.4, -0.2) is 26.3 Å². The third-order valence-corrected chi connectivity index (χ3v) is 2.55. The van der Waals surface area contributed by atoms with E-state index in [-0.39, 0.29) is 0 Å². The summed E-state index contributed by atoms with van der Waals surface area (Å²) in [5.74, 6) is 1.68. The maximum Gasteiger partial charge on any atom is 0.161 e. The lowest BCUT2D eigenvalue weighted by Crippen LogP contribution is -2.22. The maximum atomic E-state index is 5.73. The second-order valence-corrected chi connectivity index (χ2v) is 4.25. The zero-order valence-electron chi connectivity index (χ0n) is 11.6. The normalized spacial score (nSPS) is 10.3. The molecule has 102 valence electrons. The van der Waals surface area contributed by atoms with E-state index in [9.17, 15) is 0 Å². The van der Waals surface area contributed by atoms with Gasteiger partial charge >= 0.3 is 0 Å². The van der Waals surface area contributed by atoms with Crippen molar-refractivity contribution in [2.24, 2.45) is 0 Å². The van der Waals surface area contributed by atoms with E-state index in [0.717, 1.165) is 37.6 Å². The van der Waals surface area contributed by atoms with Gasteiger partial charge in [-0.3, -0.25) is 0 Å². The SMILES string of the molecule is CCCCNCCOc1ccccc1OCCC. The highest BCUT2D eigenvalue weighted by Crippen LogP contribution is 2.26. The van der Waals surface area contributed by atoms with Crippen LogP contribution >= 0.6 is 0 Å². The van der Waals surface area contributed by atoms with Gasteiger partial charge in [-0.15, -0.1) is 0 Å². The molecule has 0 fully saturated rings. The van der Waals surface area contributed by atoms with E-state index < -0.39 is 0 Å². The Morgan fingerprint density at radius 3 is 2.17 bits per heavy atom. The van der Waals surface area contributed by atoms with Crippen molar-refractivity contribution in [3.63, 3.8) is 0 Å². The first-order chi connectivity index (χ1) is 8.88.